The minimum Gasteiger partial charge on any atom is -0.507 e. The molecule has 2 rings (SSSR count). The van der Waals surface area contributed by atoms with Gasteiger partial charge in [-0.1, -0.05) is 25.0 Å². The fraction of sp³-hybridized carbons (Fsp3) is 0.538. The van der Waals surface area contributed by atoms with Gasteiger partial charge in [-0.25, -0.2) is 0 Å². The van der Waals surface area contributed by atoms with Crippen LogP contribution in [0.25, 0.3) is 0 Å². The molecule has 3 heteroatoms. The zero-order valence-electron chi connectivity index (χ0n) is 9.82. The Hall–Kier alpha value is -1.06. The molecule has 0 aromatic heterocycles. The Bertz CT molecular complexity index is 367. The third-order valence-electron chi connectivity index (χ3n) is 2.90. The quantitative estimate of drug-likeness (QED) is 0.854. The summed E-state index contributed by atoms with van der Waals surface area (Å²) in [5, 5.41) is 9.93. The van der Waals surface area contributed by atoms with E-state index in [1.807, 2.05) is 19.1 Å². The lowest BCUT2D eigenvalue weighted by molar-refractivity contribution is -0.171. The average Bonchev–Trinajstić information content (AvgIpc) is 2.72. The Morgan fingerprint density at radius 1 is 1.31 bits per heavy atom. The van der Waals surface area contributed by atoms with Gasteiger partial charge in [0.25, 0.3) is 0 Å². The minimum absolute atomic E-state index is 0.251. The molecule has 0 spiro atoms. The van der Waals surface area contributed by atoms with Gasteiger partial charge in [0.15, 0.2) is 5.79 Å². The highest BCUT2D eigenvalue weighted by atomic mass is 16.7. The molecule has 1 heterocycles. The van der Waals surface area contributed by atoms with Crippen molar-refractivity contribution in [3.8, 4) is 5.75 Å². The number of hydrogen-bond donors (Lipinski definition) is 1. The van der Waals surface area contributed by atoms with E-state index in [2.05, 4.69) is 6.92 Å². The van der Waals surface area contributed by atoms with Gasteiger partial charge in [0, 0.05) is 6.42 Å². The van der Waals surface area contributed by atoms with Crippen LogP contribution < -0.4 is 0 Å². The summed E-state index contributed by atoms with van der Waals surface area (Å²) in [5.41, 5.74) is 1.86. The fourth-order valence-corrected chi connectivity index (χ4v) is 2.17. The summed E-state index contributed by atoms with van der Waals surface area (Å²) in [6.45, 7) is 5.26. The minimum atomic E-state index is -0.731. The number of rotatable bonds is 3. The van der Waals surface area contributed by atoms with Crippen molar-refractivity contribution in [1.29, 1.82) is 0 Å². The summed E-state index contributed by atoms with van der Waals surface area (Å²) in [6, 6.07) is 5.52. The van der Waals surface area contributed by atoms with E-state index >= 15 is 0 Å². The first-order valence-corrected chi connectivity index (χ1v) is 5.76. The van der Waals surface area contributed by atoms with E-state index in [4.69, 9.17) is 9.47 Å². The van der Waals surface area contributed by atoms with Crippen molar-refractivity contribution >= 4 is 0 Å². The highest BCUT2D eigenvalue weighted by molar-refractivity contribution is 5.39. The molecule has 0 saturated carbocycles. The van der Waals surface area contributed by atoms with Gasteiger partial charge in [-0.05, 0) is 19.1 Å². The Labute approximate surface area is 96.0 Å². The van der Waals surface area contributed by atoms with E-state index in [1.54, 1.807) is 6.07 Å². The van der Waals surface area contributed by atoms with Crippen LogP contribution in [0.4, 0.5) is 0 Å². The molecule has 3 nitrogen and oxygen atoms in total. The van der Waals surface area contributed by atoms with Crippen LogP contribution in [0.1, 0.15) is 30.9 Å². The molecule has 16 heavy (non-hydrogen) atoms. The standard InChI is InChI=1S/C13H18O3/c1-3-6-13(15-7-8-16-13)11-9-10(2)4-5-12(11)14/h4-5,9,14H,3,6-8H2,1-2H3. The summed E-state index contributed by atoms with van der Waals surface area (Å²) in [5.74, 6) is -0.480. The van der Waals surface area contributed by atoms with Crippen LogP contribution in [0, 0.1) is 6.92 Å². The first-order chi connectivity index (χ1) is 7.68. The third-order valence-corrected chi connectivity index (χ3v) is 2.90. The molecule has 1 aromatic rings. The molecule has 0 amide bonds. The fourth-order valence-electron chi connectivity index (χ4n) is 2.17. The molecule has 1 aliphatic rings. The van der Waals surface area contributed by atoms with Crippen molar-refractivity contribution in [2.75, 3.05) is 13.2 Å². The van der Waals surface area contributed by atoms with Gasteiger partial charge in [0.05, 0.1) is 18.8 Å². The molecule has 1 fully saturated rings. The lowest BCUT2D eigenvalue weighted by Crippen LogP contribution is -2.27. The Balaban J connectivity index is 2.42. The number of aromatic hydroxyl groups is 1. The Kier molecular flexibility index (Phi) is 3.17. The predicted molar refractivity (Wildman–Crippen MR) is 61.3 cm³/mol. The second-order valence-electron chi connectivity index (χ2n) is 4.22. The zero-order chi connectivity index (χ0) is 11.6. The van der Waals surface area contributed by atoms with Gasteiger partial charge in [-0.15, -0.1) is 0 Å². The highest BCUT2D eigenvalue weighted by Gasteiger charge is 2.39. The number of hydrogen-bond acceptors (Lipinski definition) is 3. The first kappa shape index (κ1) is 11.4. The SMILES string of the molecule is CCCC1(c2cc(C)ccc2O)OCCO1. The van der Waals surface area contributed by atoms with Gasteiger partial charge in [-0.2, -0.15) is 0 Å². The second kappa shape index (κ2) is 4.44. The molecular weight excluding hydrogens is 204 g/mol. The van der Waals surface area contributed by atoms with E-state index in [-0.39, 0.29) is 5.75 Å². The summed E-state index contributed by atoms with van der Waals surface area (Å²) < 4.78 is 11.4. The van der Waals surface area contributed by atoms with Crippen molar-refractivity contribution in [2.24, 2.45) is 0 Å². The number of phenolic OH excluding ortho intramolecular Hbond substituents is 1. The van der Waals surface area contributed by atoms with Crippen LogP contribution in [0.15, 0.2) is 18.2 Å². The van der Waals surface area contributed by atoms with Gasteiger partial charge >= 0.3 is 0 Å². The number of benzene rings is 1. The molecule has 88 valence electrons. The molecular formula is C13H18O3. The first-order valence-electron chi connectivity index (χ1n) is 5.76. The van der Waals surface area contributed by atoms with Crippen molar-refractivity contribution in [1.82, 2.24) is 0 Å². The molecule has 0 radical (unpaired) electrons. The van der Waals surface area contributed by atoms with Crippen LogP contribution in [0.5, 0.6) is 5.75 Å². The summed E-state index contributed by atoms with van der Waals surface area (Å²) in [4.78, 5) is 0. The summed E-state index contributed by atoms with van der Waals surface area (Å²) in [6.07, 6.45) is 1.72. The molecule has 0 atom stereocenters. The maximum atomic E-state index is 9.93. The number of aryl methyl sites for hydroxylation is 1. The zero-order valence-corrected chi connectivity index (χ0v) is 9.82. The van der Waals surface area contributed by atoms with Gasteiger partial charge in [0.1, 0.15) is 5.75 Å². The maximum Gasteiger partial charge on any atom is 0.198 e. The van der Waals surface area contributed by atoms with E-state index in [1.165, 1.54) is 0 Å². The largest absolute Gasteiger partial charge is 0.507 e. The van der Waals surface area contributed by atoms with Crippen molar-refractivity contribution in [3.05, 3.63) is 29.3 Å². The van der Waals surface area contributed by atoms with E-state index in [9.17, 15) is 5.11 Å². The van der Waals surface area contributed by atoms with Crippen LogP contribution in [-0.2, 0) is 15.3 Å². The van der Waals surface area contributed by atoms with E-state index in [0.717, 1.165) is 24.0 Å². The average molecular weight is 222 g/mol. The second-order valence-corrected chi connectivity index (χ2v) is 4.22. The lowest BCUT2D eigenvalue weighted by Gasteiger charge is -2.28. The van der Waals surface area contributed by atoms with Gasteiger partial charge in [-0.3, -0.25) is 0 Å². The molecule has 0 aliphatic carbocycles. The van der Waals surface area contributed by atoms with Crippen LogP contribution in [0.3, 0.4) is 0 Å². The van der Waals surface area contributed by atoms with E-state index in [0.29, 0.717) is 13.2 Å². The van der Waals surface area contributed by atoms with Gasteiger partial charge < -0.3 is 14.6 Å². The van der Waals surface area contributed by atoms with Crippen molar-refractivity contribution in [3.63, 3.8) is 0 Å². The molecule has 1 aromatic carbocycles. The molecule has 1 saturated heterocycles. The Morgan fingerprint density at radius 2 is 2.00 bits per heavy atom. The normalized spacial score (nSPS) is 18.9. The number of ether oxygens (including phenoxy) is 2. The van der Waals surface area contributed by atoms with Crippen LogP contribution in [0.2, 0.25) is 0 Å². The topological polar surface area (TPSA) is 38.7 Å². The van der Waals surface area contributed by atoms with Gasteiger partial charge in [0.2, 0.25) is 0 Å². The molecule has 0 unspecified atom stereocenters. The Morgan fingerprint density at radius 3 is 2.62 bits per heavy atom. The molecule has 0 bridgehead atoms. The van der Waals surface area contributed by atoms with Crippen molar-refractivity contribution in [2.45, 2.75) is 32.5 Å². The lowest BCUT2D eigenvalue weighted by atomic mass is 9.98. The predicted octanol–water partition coefficient (Wildman–Crippen LogP) is 2.70. The van der Waals surface area contributed by atoms with Crippen LogP contribution >= 0.6 is 0 Å². The summed E-state index contributed by atoms with van der Waals surface area (Å²) in [7, 11) is 0. The molecule has 1 N–H and O–H groups in total. The number of phenols is 1. The highest BCUT2D eigenvalue weighted by Crippen LogP contribution is 2.40. The van der Waals surface area contributed by atoms with E-state index < -0.39 is 5.79 Å². The maximum absolute atomic E-state index is 9.93. The third kappa shape index (κ3) is 1.93. The van der Waals surface area contributed by atoms with Crippen LogP contribution in [-0.4, -0.2) is 18.3 Å². The molecule has 1 aliphatic heterocycles. The monoisotopic (exact) mass is 222 g/mol. The smallest absolute Gasteiger partial charge is 0.198 e. The summed E-state index contributed by atoms with van der Waals surface area (Å²) >= 11 is 0. The van der Waals surface area contributed by atoms with Crippen molar-refractivity contribution < 1.29 is 14.6 Å².